The molecule has 0 aliphatic carbocycles. The molecule has 0 heterocycles. The number of rotatable bonds is 5. The minimum atomic E-state index is -1.03. The lowest BCUT2D eigenvalue weighted by atomic mass is 9.68. The van der Waals surface area contributed by atoms with Crippen molar-refractivity contribution >= 4 is 36.9 Å². The Hall–Kier alpha value is -2.95. The molecule has 30 heavy (non-hydrogen) atoms. The molecular weight excluding hydrogens is 406 g/mol. The first kappa shape index (κ1) is 20.3. The van der Waals surface area contributed by atoms with Crippen molar-refractivity contribution in [2.24, 2.45) is 0 Å². The molecular formula is C26H21NOS2. The Kier molecular flexibility index (Phi) is 5.98. The van der Waals surface area contributed by atoms with E-state index in [1.165, 1.54) is 0 Å². The van der Waals surface area contributed by atoms with Gasteiger partial charge in [0.1, 0.15) is 5.41 Å². The van der Waals surface area contributed by atoms with Gasteiger partial charge in [0.15, 0.2) is 0 Å². The maximum absolute atomic E-state index is 14.1. The number of hydrogen-bond acceptors (Lipinski definition) is 3. The van der Waals surface area contributed by atoms with Gasteiger partial charge in [-0.05, 0) is 28.8 Å². The highest BCUT2D eigenvalue weighted by atomic mass is 32.1. The van der Waals surface area contributed by atoms with Crippen LogP contribution in [0.15, 0.2) is 119 Å². The van der Waals surface area contributed by atoms with Gasteiger partial charge < -0.3 is 5.32 Å². The van der Waals surface area contributed by atoms with Crippen LogP contribution in [0.5, 0.6) is 0 Å². The third kappa shape index (κ3) is 3.64. The predicted octanol–water partition coefficient (Wildman–Crippen LogP) is 6.24. The van der Waals surface area contributed by atoms with Crippen molar-refractivity contribution < 1.29 is 4.79 Å². The fraction of sp³-hybridized carbons (Fsp3) is 0.0385. The quantitative estimate of drug-likeness (QED) is 0.255. The molecule has 1 amide bonds. The lowest BCUT2D eigenvalue weighted by molar-refractivity contribution is -0.119. The van der Waals surface area contributed by atoms with E-state index >= 15 is 0 Å². The minimum Gasteiger partial charge on any atom is -0.324 e. The first-order valence-corrected chi connectivity index (χ1v) is 10.5. The summed E-state index contributed by atoms with van der Waals surface area (Å²) in [6.45, 7) is 0. The second-order valence-electron chi connectivity index (χ2n) is 6.98. The number of anilines is 1. The van der Waals surface area contributed by atoms with E-state index in [-0.39, 0.29) is 5.91 Å². The van der Waals surface area contributed by atoms with Crippen LogP contribution in [0.3, 0.4) is 0 Å². The van der Waals surface area contributed by atoms with Crippen LogP contribution in [0, 0.1) is 0 Å². The van der Waals surface area contributed by atoms with Crippen LogP contribution in [0.25, 0.3) is 0 Å². The molecule has 0 fully saturated rings. The van der Waals surface area contributed by atoms with Gasteiger partial charge in [-0.3, -0.25) is 4.79 Å². The van der Waals surface area contributed by atoms with Crippen LogP contribution < -0.4 is 5.32 Å². The van der Waals surface area contributed by atoms with Crippen molar-refractivity contribution in [2.75, 3.05) is 5.32 Å². The van der Waals surface area contributed by atoms with Crippen molar-refractivity contribution in [3.63, 3.8) is 0 Å². The molecule has 4 aromatic carbocycles. The van der Waals surface area contributed by atoms with Crippen LogP contribution in [0.1, 0.15) is 16.7 Å². The van der Waals surface area contributed by atoms with Gasteiger partial charge in [-0.2, -0.15) is 0 Å². The molecule has 0 spiro atoms. The van der Waals surface area contributed by atoms with E-state index in [1.807, 2.05) is 109 Å². The third-order valence-electron chi connectivity index (χ3n) is 5.22. The first-order valence-electron chi connectivity index (χ1n) is 9.63. The summed E-state index contributed by atoms with van der Waals surface area (Å²) in [4.78, 5) is 15.5. The second-order valence-corrected chi connectivity index (χ2v) is 7.90. The van der Waals surface area contributed by atoms with Crippen LogP contribution in [0.4, 0.5) is 5.69 Å². The van der Waals surface area contributed by atoms with E-state index in [4.69, 9.17) is 0 Å². The fourth-order valence-corrected chi connectivity index (χ4v) is 4.22. The molecule has 0 aliphatic rings. The molecule has 1 N–H and O–H groups in total. The molecule has 0 atom stereocenters. The van der Waals surface area contributed by atoms with Gasteiger partial charge in [0.25, 0.3) is 0 Å². The summed E-state index contributed by atoms with van der Waals surface area (Å²) in [7, 11) is 0. The van der Waals surface area contributed by atoms with Gasteiger partial charge in [-0.1, -0.05) is 97.1 Å². The van der Waals surface area contributed by atoms with Gasteiger partial charge >= 0.3 is 0 Å². The predicted molar refractivity (Wildman–Crippen MR) is 129 cm³/mol. The molecule has 0 saturated heterocycles. The van der Waals surface area contributed by atoms with Gasteiger partial charge in [0, 0.05) is 9.79 Å². The van der Waals surface area contributed by atoms with Crippen LogP contribution >= 0.6 is 25.3 Å². The largest absolute Gasteiger partial charge is 0.324 e. The standard InChI is InChI=1S/C26H21NOS2/c28-25(27-22-17-10-18-23(29)24(22)30)26(19-11-4-1-5-12-19,20-13-6-2-7-14-20)21-15-8-3-9-16-21/h1-18,29-30H,(H,27,28). The van der Waals surface area contributed by atoms with E-state index in [9.17, 15) is 4.79 Å². The van der Waals surface area contributed by atoms with E-state index in [1.54, 1.807) is 0 Å². The molecule has 0 bridgehead atoms. The van der Waals surface area contributed by atoms with Crippen molar-refractivity contribution in [3.8, 4) is 0 Å². The Bertz CT molecular complexity index is 1050. The third-order valence-corrected chi connectivity index (χ3v) is 6.25. The molecule has 0 aliphatic heterocycles. The minimum absolute atomic E-state index is 0.152. The molecule has 148 valence electrons. The number of amides is 1. The molecule has 0 radical (unpaired) electrons. The zero-order valence-corrected chi connectivity index (χ0v) is 18.0. The zero-order valence-electron chi connectivity index (χ0n) is 16.2. The molecule has 2 nitrogen and oxygen atoms in total. The van der Waals surface area contributed by atoms with Crippen LogP contribution in [-0.4, -0.2) is 5.91 Å². The number of nitrogens with one attached hydrogen (secondary N) is 1. The molecule has 4 aromatic rings. The van der Waals surface area contributed by atoms with Gasteiger partial charge in [-0.25, -0.2) is 0 Å². The molecule has 4 heteroatoms. The van der Waals surface area contributed by atoms with E-state index in [2.05, 4.69) is 30.6 Å². The fourth-order valence-electron chi connectivity index (χ4n) is 3.81. The maximum Gasteiger partial charge on any atom is 0.244 e. The lowest BCUT2D eigenvalue weighted by Crippen LogP contribution is -2.42. The van der Waals surface area contributed by atoms with E-state index in [0.29, 0.717) is 15.5 Å². The van der Waals surface area contributed by atoms with E-state index < -0.39 is 5.41 Å². The summed E-state index contributed by atoms with van der Waals surface area (Å²) in [6, 6.07) is 35.1. The van der Waals surface area contributed by atoms with Crippen molar-refractivity contribution in [2.45, 2.75) is 15.2 Å². The number of benzene rings is 4. The summed E-state index contributed by atoms with van der Waals surface area (Å²) in [5, 5.41) is 3.12. The summed E-state index contributed by atoms with van der Waals surface area (Å²) in [5.74, 6) is -0.152. The normalized spacial score (nSPS) is 11.1. The molecule has 0 unspecified atom stereocenters. The summed E-state index contributed by atoms with van der Waals surface area (Å²) < 4.78 is 0. The Morgan fingerprint density at radius 2 is 1.03 bits per heavy atom. The van der Waals surface area contributed by atoms with Gasteiger partial charge in [-0.15, -0.1) is 25.3 Å². The van der Waals surface area contributed by atoms with Crippen LogP contribution in [-0.2, 0) is 10.2 Å². The zero-order chi connectivity index (χ0) is 21.0. The Morgan fingerprint density at radius 3 is 1.47 bits per heavy atom. The highest BCUT2D eigenvalue weighted by Crippen LogP contribution is 2.41. The summed E-state index contributed by atoms with van der Waals surface area (Å²) in [5.41, 5.74) is 2.27. The van der Waals surface area contributed by atoms with Gasteiger partial charge in [0.05, 0.1) is 5.69 Å². The molecule has 0 saturated carbocycles. The number of carbonyl (C=O) groups excluding carboxylic acids is 1. The Labute approximate surface area is 187 Å². The second kappa shape index (κ2) is 8.82. The highest BCUT2D eigenvalue weighted by Gasteiger charge is 2.43. The van der Waals surface area contributed by atoms with E-state index in [0.717, 1.165) is 16.7 Å². The topological polar surface area (TPSA) is 29.1 Å². The molecule has 0 aromatic heterocycles. The Morgan fingerprint density at radius 1 is 0.600 bits per heavy atom. The monoisotopic (exact) mass is 427 g/mol. The highest BCUT2D eigenvalue weighted by molar-refractivity contribution is 7.83. The van der Waals surface area contributed by atoms with Crippen LogP contribution in [0.2, 0.25) is 0 Å². The maximum atomic E-state index is 14.1. The smallest absolute Gasteiger partial charge is 0.244 e. The number of carbonyl (C=O) groups is 1. The van der Waals surface area contributed by atoms with Gasteiger partial charge in [0.2, 0.25) is 5.91 Å². The number of thiol groups is 2. The SMILES string of the molecule is O=C(Nc1cccc(S)c1S)C(c1ccccc1)(c1ccccc1)c1ccccc1. The summed E-state index contributed by atoms with van der Waals surface area (Å²) in [6.07, 6.45) is 0. The Balaban J connectivity index is 1.97. The first-order chi connectivity index (χ1) is 14.6. The van der Waals surface area contributed by atoms with Crippen molar-refractivity contribution in [1.29, 1.82) is 0 Å². The lowest BCUT2D eigenvalue weighted by Gasteiger charge is -2.34. The average molecular weight is 428 g/mol. The molecule has 4 rings (SSSR count). The van der Waals surface area contributed by atoms with Crippen molar-refractivity contribution in [3.05, 3.63) is 126 Å². The van der Waals surface area contributed by atoms with Crippen molar-refractivity contribution in [1.82, 2.24) is 0 Å². The average Bonchev–Trinajstić information content (AvgIpc) is 2.80. The summed E-state index contributed by atoms with van der Waals surface area (Å²) >= 11 is 9.00. The number of hydrogen-bond donors (Lipinski definition) is 3.